The molecule has 1 heterocycles. The maximum atomic E-state index is 6.07. The van der Waals surface area contributed by atoms with E-state index in [0.29, 0.717) is 5.92 Å². The van der Waals surface area contributed by atoms with E-state index in [-0.39, 0.29) is 0 Å². The van der Waals surface area contributed by atoms with Gasteiger partial charge in [-0.1, -0.05) is 31.5 Å². The van der Waals surface area contributed by atoms with Gasteiger partial charge in [0.05, 0.1) is 12.9 Å². The average molecular weight is 237 g/mol. The summed E-state index contributed by atoms with van der Waals surface area (Å²) in [6, 6.07) is 6.14. The Hall–Kier alpha value is -0.950. The van der Waals surface area contributed by atoms with E-state index in [1.54, 1.807) is 0 Å². The highest BCUT2D eigenvalue weighted by Gasteiger charge is 2.13. The van der Waals surface area contributed by atoms with Crippen LogP contribution in [0.15, 0.2) is 24.5 Å². The normalized spacial score (nSPS) is 15.9. The second kappa shape index (κ2) is 4.92. The van der Waals surface area contributed by atoms with Crippen LogP contribution in [0.5, 0.6) is 0 Å². The van der Waals surface area contributed by atoms with Gasteiger partial charge in [0.2, 0.25) is 0 Å². The first-order valence-electron chi connectivity index (χ1n) is 5.79. The van der Waals surface area contributed by atoms with Crippen molar-refractivity contribution >= 4 is 17.2 Å². The van der Waals surface area contributed by atoms with Crippen molar-refractivity contribution in [1.82, 2.24) is 0 Å². The maximum Gasteiger partial charge on any atom is 0.0876 e. The Bertz CT molecular complexity index is 407. The average Bonchev–Trinajstić information content (AvgIpc) is 2.29. The Morgan fingerprint density at radius 2 is 2.12 bits per heavy atom. The minimum Gasteiger partial charge on any atom is -0.501 e. The summed E-state index contributed by atoms with van der Waals surface area (Å²) < 4.78 is 5.41. The summed E-state index contributed by atoms with van der Waals surface area (Å²) >= 11 is 6.07. The molecule has 0 spiro atoms. The summed E-state index contributed by atoms with van der Waals surface area (Å²) in [7, 11) is 0. The lowest BCUT2D eigenvalue weighted by atomic mass is 9.91. The number of benzene rings is 1. The monoisotopic (exact) mass is 236 g/mol. The van der Waals surface area contributed by atoms with Crippen LogP contribution in [0, 0.1) is 0 Å². The lowest BCUT2D eigenvalue weighted by molar-refractivity contribution is 0.235. The van der Waals surface area contributed by atoms with Crippen LogP contribution in [0.25, 0.3) is 5.57 Å². The maximum absolute atomic E-state index is 6.07. The van der Waals surface area contributed by atoms with E-state index in [0.717, 1.165) is 24.5 Å². The van der Waals surface area contributed by atoms with Crippen molar-refractivity contribution in [2.24, 2.45) is 0 Å². The van der Waals surface area contributed by atoms with Crippen LogP contribution in [0.3, 0.4) is 0 Å². The molecule has 1 nitrogen and oxygen atoms in total. The zero-order valence-electron chi connectivity index (χ0n) is 9.79. The molecule has 0 unspecified atom stereocenters. The topological polar surface area (TPSA) is 9.23 Å². The Balaban J connectivity index is 2.44. The standard InChI is InChI=1S/C14H17ClO/c1-10(2)13-6-5-12(15)8-14(13)11-4-3-7-16-9-11/h5-6,8-10H,3-4,7H2,1-2H3. The van der Waals surface area contributed by atoms with Crippen molar-refractivity contribution in [2.45, 2.75) is 32.6 Å². The highest BCUT2D eigenvalue weighted by atomic mass is 35.5. The SMILES string of the molecule is CC(C)c1ccc(Cl)cc1C1=COCCC1. The summed E-state index contributed by atoms with van der Waals surface area (Å²) in [6.07, 6.45) is 4.07. The number of hydrogen-bond acceptors (Lipinski definition) is 1. The third-order valence-corrected chi connectivity index (χ3v) is 3.15. The first-order chi connectivity index (χ1) is 7.68. The number of ether oxygens (including phenoxy) is 1. The van der Waals surface area contributed by atoms with E-state index < -0.39 is 0 Å². The minimum atomic E-state index is 0.509. The van der Waals surface area contributed by atoms with Crippen molar-refractivity contribution in [3.63, 3.8) is 0 Å². The fraction of sp³-hybridized carbons (Fsp3) is 0.429. The molecule has 1 aliphatic heterocycles. The van der Waals surface area contributed by atoms with Gasteiger partial charge in [-0.25, -0.2) is 0 Å². The molecule has 86 valence electrons. The molecule has 16 heavy (non-hydrogen) atoms. The van der Waals surface area contributed by atoms with Crippen LogP contribution in [0.4, 0.5) is 0 Å². The summed E-state index contributed by atoms with van der Waals surface area (Å²) in [5.41, 5.74) is 3.88. The highest BCUT2D eigenvalue weighted by molar-refractivity contribution is 6.30. The molecule has 2 rings (SSSR count). The van der Waals surface area contributed by atoms with Crippen LogP contribution in [0.1, 0.15) is 43.7 Å². The van der Waals surface area contributed by atoms with Gasteiger partial charge in [0.25, 0.3) is 0 Å². The smallest absolute Gasteiger partial charge is 0.0876 e. The number of hydrogen-bond donors (Lipinski definition) is 0. The third-order valence-electron chi connectivity index (χ3n) is 2.92. The first kappa shape index (κ1) is 11.5. The van der Waals surface area contributed by atoms with Crippen molar-refractivity contribution in [1.29, 1.82) is 0 Å². The Morgan fingerprint density at radius 3 is 2.75 bits per heavy atom. The largest absolute Gasteiger partial charge is 0.501 e. The predicted molar refractivity (Wildman–Crippen MR) is 68.7 cm³/mol. The van der Waals surface area contributed by atoms with Gasteiger partial charge in [0, 0.05) is 5.02 Å². The molecule has 0 fully saturated rings. The molecule has 2 heteroatoms. The van der Waals surface area contributed by atoms with Crippen LogP contribution in [0.2, 0.25) is 5.02 Å². The molecule has 0 amide bonds. The van der Waals surface area contributed by atoms with E-state index in [1.165, 1.54) is 16.7 Å². The second-order valence-corrected chi connectivity index (χ2v) is 4.94. The zero-order valence-corrected chi connectivity index (χ0v) is 10.6. The summed E-state index contributed by atoms with van der Waals surface area (Å²) in [6.45, 7) is 5.25. The van der Waals surface area contributed by atoms with Gasteiger partial charge in [-0.15, -0.1) is 0 Å². The van der Waals surface area contributed by atoms with E-state index in [4.69, 9.17) is 16.3 Å². The lowest BCUT2D eigenvalue weighted by Gasteiger charge is -2.19. The number of rotatable bonds is 2. The van der Waals surface area contributed by atoms with E-state index in [1.807, 2.05) is 12.3 Å². The molecule has 0 saturated carbocycles. The summed E-state index contributed by atoms with van der Waals surface area (Å²) in [4.78, 5) is 0. The summed E-state index contributed by atoms with van der Waals surface area (Å²) in [5.74, 6) is 0.509. The predicted octanol–water partition coefficient (Wildman–Crippen LogP) is 4.61. The van der Waals surface area contributed by atoms with Gasteiger partial charge in [0.15, 0.2) is 0 Å². The molecule has 0 radical (unpaired) electrons. The fourth-order valence-corrected chi connectivity index (χ4v) is 2.24. The minimum absolute atomic E-state index is 0.509. The number of allylic oxidation sites excluding steroid dienone is 1. The van der Waals surface area contributed by atoms with E-state index >= 15 is 0 Å². The zero-order chi connectivity index (χ0) is 11.5. The molecular formula is C14H17ClO. The molecule has 0 saturated heterocycles. The first-order valence-corrected chi connectivity index (χ1v) is 6.16. The molecule has 0 atom stereocenters. The molecule has 1 aromatic rings. The van der Waals surface area contributed by atoms with Crippen LogP contribution < -0.4 is 0 Å². The van der Waals surface area contributed by atoms with Gasteiger partial charge in [-0.05, 0) is 47.6 Å². The van der Waals surface area contributed by atoms with Gasteiger partial charge in [0.1, 0.15) is 0 Å². The Morgan fingerprint density at radius 1 is 1.31 bits per heavy atom. The van der Waals surface area contributed by atoms with E-state index in [9.17, 15) is 0 Å². The number of halogens is 1. The molecule has 0 N–H and O–H groups in total. The molecule has 1 aromatic carbocycles. The summed E-state index contributed by atoms with van der Waals surface area (Å²) in [5, 5.41) is 0.797. The molecule has 1 aliphatic rings. The molecule has 0 aromatic heterocycles. The van der Waals surface area contributed by atoms with E-state index in [2.05, 4.69) is 26.0 Å². The molecule has 0 bridgehead atoms. The van der Waals surface area contributed by atoms with Gasteiger partial charge in [-0.3, -0.25) is 0 Å². The fourth-order valence-electron chi connectivity index (χ4n) is 2.07. The van der Waals surface area contributed by atoms with Crippen LogP contribution in [-0.4, -0.2) is 6.61 Å². The van der Waals surface area contributed by atoms with Crippen molar-refractivity contribution in [2.75, 3.05) is 6.61 Å². The second-order valence-electron chi connectivity index (χ2n) is 4.50. The molecular weight excluding hydrogens is 220 g/mol. The highest BCUT2D eigenvalue weighted by Crippen LogP contribution is 2.32. The van der Waals surface area contributed by atoms with Crippen molar-refractivity contribution in [3.8, 4) is 0 Å². The quantitative estimate of drug-likeness (QED) is 0.728. The van der Waals surface area contributed by atoms with Gasteiger partial charge < -0.3 is 4.74 Å². The van der Waals surface area contributed by atoms with Crippen molar-refractivity contribution < 1.29 is 4.74 Å². The lowest BCUT2D eigenvalue weighted by Crippen LogP contribution is -2.02. The van der Waals surface area contributed by atoms with Crippen LogP contribution >= 0.6 is 11.6 Å². The van der Waals surface area contributed by atoms with Gasteiger partial charge >= 0.3 is 0 Å². The Labute approximate surface area is 102 Å². The van der Waals surface area contributed by atoms with Crippen LogP contribution in [-0.2, 0) is 4.74 Å². The van der Waals surface area contributed by atoms with Crippen molar-refractivity contribution in [3.05, 3.63) is 40.6 Å². The third kappa shape index (κ3) is 2.41. The molecule has 0 aliphatic carbocycles. The Kier molecular flexibility index (Phi) is 3.55. The van der Waals surface area contributed by atoms with Gasteiger partial charge in [-0.2, -0.15) is 0 Å².